The van der Waals surface area contributed by atoms with Gasteiger partial charge >= 0.3 is 5.22 Å². The van der Waals surface area contributed by atoms with Crippen LogP contribution in [0.4, 0.5) is 0 Å². The molecule has 0 spiro atoms. The Bertz CT molecular complexity index is 1180. The molecule has 0 saturated carbocycles. The first-order valence-corrected chi connectivity index (χ1v) is 12.8. The fourth-order valence-electron chi connectivity index (χ4n) is 3.10. The monoisotopic (exact) mass is 512 g/mol. The Morgan fingerprint density at radius 2 is 1.86 bits per heavy atom. The highest BCUT2D eigenvalue weighted by atomic mass is 32.2. The lowest BCUT2D eigenvalue weighted by Crippen LogP contribution is -2.06. The Morgan fingerprint density at radius 3 is 2.58 bits per heavy atom. The molecule has 1 aromatic carbocycles. The zero-order valence-electron chi connectivity index (χ0n) is 20.0. The van der Waals surface area contributed by atoms with E-state index in [-0.39, 0.29) is 16.8 Å². The number of carbonyl (C=O) groups excluding carboxylic acids is 1. The second kappa shape index (κ2) is 14.7. The van der Waals surface area contributed by atoms with Crippen molar-refractivity contribution in [1.82, 2.24) is 15.2 Å². The van der Waals surface area contributed by atoms with Crippen LogP contribution < -0.4 is 4.74 Å². The number of ketones is 1. The molecule has 1 unspecified atom stereocenters. The molecule has 12 heteroatoms. The minimum absolute atomic E-state index is 0.0529. The molecule has 0 aliphatic heterocycles. The number of benzene rings is 1. The first-order chi connectivity index (χ1) is 17.5. The van der Waals surface area contributed by atoms with Gasteiger partial charge in [0.25, 0.3) is 0 Å². The zero-order valence-corrected chi connectivity index (χ0v) is 20.9. The van der Waals surface area contributed by atoms with Crippen molar-refractivity contribution >= 4 is 16.6 Å². The van der Waals surface area contributed by atoms with Gasteiger partial charge in [0.15, 0.2) is 0 Å². The lowest BCUT2D eigenvalue weighted by atomic mass is 10.1. The number of ether oxygens (including phenoxy) is 2. The normalized spacial score (nSPS) is 11.6. The number of nitrogens with zero attached hydrogens (tertiary/aromatic N) is 6. The first kappa shape index (κ1) is 27.0. The van der Waals surface area contributed by atoms with Gasteiger partial charge in [-0.15, -0.1) is 5.10 Å². The predicted octanol–water partition coefficient (Wildman–Crippen LogP) is 4.58. The van der Waals surface area contributed by atoms with Crippen molar-refractivity contribution in [3.8, 4) is 17.2 Å². The van der Waals surface area contributed by atoms with Crippen molar-refractivity contribution in [2.24, 2.45) is 5.11 Å². The van der Waals surface area contributed by atoms with Crippen LogP contribution in [0.2, 0.25) is 0 Å². The predicted molar refractivity (Wildman–Crippen MR) is 133 cm³/mol. The van der Waals surface area contributed by atoms with Crippen LogP contribution in [0.15, 0.2) is 57.3 Å². The van der Waals surface area contributed by atoms with Crippen LogP contribution >= 0.6 is 0 Å². The van der Waals surface area contributed by atoms with Crippen LogP contribution in [0.5, 0.6) is 5.75 Å². The number of aryl methyl sites for hydroxylation is 1. The molecule has 0 radical (unpaired) electrons. The number of rotatable bonds is 16. The summed E-state index contributed by atoms with van der Waals surface area (Å²) in [5.74, 6) is 1.19. The Labute approximate surface area is 211 Å². The molecule has 0 aliphatic carbocycles. The van der Waals surface area contributed by atoms with E-state index in [1.165, 1.54) is 0 Å². The van der Waals surface area contributed by atoms with Gasteiger partial charge in [-0.05, 0) is 49.6 Å². The first-order valence-electron chi connectivity index (χ1n) is 11.5. The second-order valence-corrected chi connectivity index (χ2v) is 9.20. The van der Waals surface area contributed by atoms with Gasteiger partial charge in [-0.2, -0.15) is 0 Å². The fourth-order valence-corrected chi connectivity index (χ4v) is 3.97. The molecular formula is C24H28N6O5S. The molecule has 1 atom stereocenters. The van der Waals surface area contributed by atoms with E-state index in [2.05, 4.69) is 25.2 Å². The number of hydrogen-bond donors (Lipinski definition) is 0. The van der Waals surface area contributed by atoms with Crippen molar-refractivity contribution in [3.63, 3.8) is 0 Å². The van der Waals surface area contributed by atoms with E-state index in [1.54, 1.807) is 18.3 Å². The van der Waals surface area contributed by atoms with Crippen LogP contribution in [0, 0.1) is 6.92 Å². The molecule has 3 aromatic rings. The number of aromatic nitrogens is 3. The maximum absolute atomic E-state index is 12.6. The summed E-state index contributed by atoms with van der Waals surface area (Å²) < 4.78 is 29.1. The molecule has 0 N–H and O–H groups in total. The quantitative estimate of drug-likeness (QED) is 0.117. The Morgan fingerprint density at radius 1 is 1.08 bits per heavy atom. The molecule has 0 aliphatic rings. The van der Waals surface area contributed by atoms with Crippen molar-refractivity contribution in [2.75, 3.05) is 26.4 Å². The lowest BCUT2D eigenvalue weighted by molar-refractivity contribution is -0.119. The van der Waals surface area contributed by atoms with Gasteiger partial charge in [0.2, 0.25) is 5.89 Å². The maximum Gasteiger partial charge on any atom is 0.308 e. The third kappa shape index (κ3) is 9.21. The number of pyridine rings is 1. The van der Waals surface area contributed by atoms with Gasteiger partial charge < -0.3 is 13.9 Å². The van der Waals surface area contributed by atoms with E-state index in [0.717, 1.165) is 11.1 Å². The van der Waals surface area contributed by atoms with Gasteiger partial charge in [-0.1, -0.05) is 27.9 Å². The summed E-state index contributed by atoms with van der Waals surface area (Å²) in [6.07, 6.45) is 3.68. The molecule has 0 fully saturated rings. The highest BCUT2D eigenvalue weighted by molar-refractivity contribution is 7.83. The average molecular weight is 513 g/mol. The average Bonchev–Trinajstić information content (AvgIpc) is 3.38. The summed E-state index contributed by atoms with van der Waals surface area (Å²) in [7, 11) is -1.53. The lowest BCUT2D eigenvalue weighted by Gasteiger charge is -2.06. The molecule has 11 nitrogen and oxygen atoms in total. The topological polar surface area (TPSA) is 153 Å². The molecule has 0 saturated heterocycles. The smallest absolute Gasteiger partial charge is 0.308 e. The second-order valence-electron chi connectivity index (χ2n) is 7.88. The molecule has 36 heavy (non-hydrogen) atoms. The summed E-state index contributed by atoms with van der Waals surface area (Å²) in [5.41, 5.74) is 10.7. The Balaban J connectivity index is 1.33. The van der Waals surface area contributed by atoms with E-state index in [1.807, 2.05) is 31.2 Å². The van der Waals surface area contributed by atoms with E-state index in [9.17, 15) is 9.00 Å². The van der Waals surface area contributed by atoms with Gasteiger partial charge in [0, 0.05) is 36.5 Å². The third-order valence-electron chi connectivity index (χ3n) is 4.99. The van der Waals surface area contributed by atoms with Crippen LogP contribution in [0.25, 0.3) is 21.9 Å². The molecule has 3 rings (SSSR count). The van der Waals surface area contributed by atoms with Crippen molar-refractivity contribution in [3.05, 3.63) is 64.3 Å². The van der Waals surface area contributed by atoms with Gasteiger partial charge in [0.05, 0.1) is 30.9 Å². The van der Waals surface area contributed by atoms with E-state index in [0.29, 0.717) is 69.4 Å². The fraction of sp³-hybridized carbons (Fsp3) is 0.417. The van der Waals surface area contributed by atoms with E-state index >= 15 is 0 Å². The molecule has 190 valence electrons. The summed E-state index contributed by atoms with van der Waals surface area (Å²) in [6, 6.07) is 11.1. The van der Waals surface area contributed by atoms with Crippen LogP contribution in [0.1, 0.15) is 36.9 Å². The Kier molecular flexibility index (Phi) is 11.0. The molecular weight excluding hydrogens is 484 g/mol. The largest absolute Gasteiger partial charge is 0.492 e. The van der Waals surface area contributed by atoms with Crippen LogP contribution in [0.3, 0.4) is 0 Å². The summed E-state index contributed by atoms with van der Waals surface area (Å²) in [5, 5.41) is 11.3. The number of azide groups is 1. The van der Waals surface area contributed by atoms with Crippen molar-refractivity contribution < 1.29 is 22.9 Å². The molecule has 2 heterocycles. The van der Waals surface area contributed by atoms with E-state index in [4.69, 9.17) is 19.4 Å². The summed E-state index contributed by atoms with van der Waals surface area (Å²) in [4.78, 5) is 18.8. The molecule has 2 aromatic heterocycles. The van der Waals surface area contributed by atoms with E-state index < -0.39 is 10.8 Å². The van der Waals surface area contributed by atoms with Gasteiger partial charge in [0.1, 0.15) is 22.3 Å². The number of carbonyl (C=O) groups is 1. The van der Waals surface area contributed by atoms with Gasteiger partial charge in [-0.3, -0.25) is 9.78 Å². The Hall–Kier alpha value is -3.60. The van der Waals surface area contributed by atoms with Crippen LogP contribution in [-0.2, 0) is 26.1 Å². The SMILES string of the molecule is Cc1ccc(-c2nnc(S(=O)Cc3ccc(OCCCC(=O)CCCOCCN=[N+]=[N-])cn3)o2)cc1. The minimum Gasteiger partial charge on any atom is -0.492 e. The minimum atomic E-state index is -1.53. The molecule has 0 bridgehead atoms. The third-order valence-corrected chi connectivity index (χ3v) is 6.10. The highest BCUT2D eigenvalue weighted by Gasteiger charge is 2.16. The highest BCUT2D eigenvalue weighted by Crippen LogP contribution is 2.21. The number of Topliss-reactive ketones (excluding diaryl/α,β-unsaturated/α-hetero) is 1. The summed E-state index contributed by atoms with van der Waals surface area (Å²) in [6.45, 7) is 3.50. The molecule has 0 amide bonds. The summed E-state index contributed by atoms with van der Waals surface area (Å²) >= 11 is 0. The zero-order chi connectivity index (χ0) is 25.6. The van der Waals surface area contributed by atoms with Crippen LogP contribution in [-0.4, -0.2) is 51.5 Å². The van der Waals surface area contributed by atoms with Crippen molar-refractivity contribution in [1.29, 1.82) is 0 Å². The maximum atomic E-state index is 12.6. The van der Waals surface area contributed by atoms with Crippen molar-refractivity contribution in [2.45, 2.75) is 43.6 Å². The van der Waals surface area contributed by atoms with Gasteiger partial charge in [-0.25, -0.2) is 4.21 Å². The number of hydrogen-bond acceptors (Lipinski definition) is 9. The standard InChI is InChI=1S/C24H28N6O5S/c1-18-6-8-19(9-7-18)23-28-29-24(35-23)36(32)17-20-10-11-22(16-26-20)34-14-3-5-21(31)4-2-13-33-15-12-27-30-25/h6-11,16H,2-5,12-15,17H2,1H3.